The number of amides is 1. The van der Waals surface area contributed by atoms with Crippen molar-refractivity contribution in [3.05, 3.63) is 17.8 Å². The number of nitrogens with zero attached hydrogens (tertiary/aromatic N) is 2. The molecule has 1 fully saturated rings. The SMILES string of the molecule is Cc1ncoc1C(=O)N1CCNC[C@H]1C.Cl.Cl. The third-order valence-corrected chi connectivity index (χ3v) is 2.70. The van der Waals surface area contributed by atoms with Crippen molar-refractivity contribution >= 4 is 30.7 Å². The fraction of sp³-hybridized carbons (Fsp3) is 0.600. The molecule has 1 aromatic rings. The summed E-state index contributed by atoms with van der Waals surface area (Å²) in [6, 6.07) is 0.204. The van der Waals surface area contributed by atoms with E-state index < -0.39 is 0 Å². The first kappa shape index (κ1) is 16.2. The van der Waals surface area contributed by atoms with Gasteiger partial charge in [0.25, 0.3) is 5.91 Å². The van der Waals surface area contributed by atoms with Crippen molar-refractivity contribution in [2.24, 2.45) is 0 Å². The predicted molar refractivity (Wildman–Crippen MR) is 69.1 cm³/mol. The summed E-state index contributed by atoms with van der Waals surface area (Å²) < 4.78 is 5.10. The molecule has 0 radical (unpaired) electrons. The molecule has 0 aliphatic carbocycles. The maximum Gasteiger partial charge on any atom is 0.291 e. The Morgan fingerprint density at radius 3 is 2.82 bits per heavy atom. The van der Waals surface area contributed by atoms with Gasteiger partial charge in [-0.15, -0.1) is 24.8 Å². The molecule has 98 valence electrons. The Balaban J connectivity index is 0.00000128. The van der Waals surface area contributed by atoms with Gasteiger partial charge in [-0.25, -0.2) is 4.98 Å². The van der Waals surface area contributed by atoms with Gasteiger partial charge in [0.1, 0.15) is 0 Å². The van der Waals surface area contributed by atoms with Crippen LogP contribution in [0.1, 0.15) is 23.2 Å². The molecule has 5 nitrogen and oxygen atoms in total. The van der Waals surface area contributed by atoms with E-state index in [9.17, 15) is 4.79 Å². The van der Waals surface area contributed by atoms with Crippen molar-refractivity contribution in [3.8, 4) is 0 Å². The molecule has 7 heteroatoms. The van der Waals surface area contributed by atoms with Gasteiger partial charge in [-0.1, -0.05) is 0 Å². The average molecular weight is 282 g/mol. The molecule has 2 rings (SSSR count). The lowest BCUT2D eigenvalue weighted by Crippen LogP contribution is -2.52. The largest absolute Gasteiger partial charge is 0.438 e. The van der Waals surface area contributed by atoms with E-state index in [2.05, 4.69) is 10.3 Å². The zero-order chi connectivity index (χ0) is 10.8. The average Bonchev–Trinajstić information content (AvgIpc) is 2.64. The van der Waals surface area contributed by atoms with E-state index in [-0.39, 0.29) is 36.8 Å². The normalized spacial score (nSPS) is 19.2. The van der Waals surface area contributed by atoms with E-state index in [1.54, 1.807) is 6.92 Å². The molecule has 0 aromatic carbocycles. The molecule has 1 amide bonds. The van der Waals surface area contributed by atoms with Crippen LogP contribution in [-0.4, -0.2) is 41.5 Å². The van der Waals surface area contributed by atoms with Crippen molar-refractivity contribution in [2.75, 3.05) is 19.6 Å². The van der Waals surface area contributed by atoms with Crippen molar-refractivity contribution in [2.45, 2.75) is 19.9 Å². The maximum absolute atomic E-state index is 12.1. The number of aromatic nitrogens is 1. The topological polar surface area (TPSA) is 58.4 Å². The predicted octanol–water partition coefficient (Wildman–Crippen LogP) is 1.26. The smallest absolute Gasteiger partial charge is 0.291 e. The molecular weight excluding hydrogens is 265 g/mol. The van der Waals surface area contributed by atoms with E-state index in [1.165, 1.54) is 6.39 Å². The molecule has 1 N–H and O–H groups in total. The monoisotopic (exact) mass is 281 g/mol. The van der Waals surface area contributed by atoms with Crippen LogP contribution in [0.2, 0.25) is 0 Å². The molecule has 1 aliphatic heterocycles. The molecular formula is C10H17Cl2N3O2. The highest BCUT2D eigenvalue weighted by Gasteiger charge is 2.27. The van der Waals surface area contributed by atoms with Gasteiger partial charge in [-0.05, 0) is 13.8 Å². The summed E-state index contributed by atoms with van der Waals surface area (Å²) in [5, 5.41) is 3.24. The standard InChI is InChI=1S/C10H15N3O2.2ClH/c1-7-5-11-3-4-13(7)10(14)9-8(2)12-6-15-9;;/h6-7,11H,3-5H2,1-2H3;2*1H/t7-;;/m1../s1. The van der Waals surface area contributed by atoms with Crippen molar-refractivity contribution in [3.63, 3.8) is 0 Å². The van der Waals surface area contributed by atoms with Crippen LogP contribution in [-0.2, 0) is 0 Å². The Kier molecular flexibility index (Phi) is 6.52. The summed E-state index contributed by atoms with van der Waals surface area (Å²) in [5.41, 5.74) is 0.658. The van der Waals surface area contributed by atoms with Crippen LogP contribution in [0, 0.1) is 6.92 Å². The summed E-state index contributed by atoms with van der Waals surface area (Å²) in [6.07, 6.45) is 1.31. The Morgan fingerprint density at radius 2 is 2.29 bits per heavy atom. The molecule has 1 atom stereocenters. The lowest BCUT2D eigenvalue weighted by Gasteiger charge is -2.33. The Labute approximate surface area is 113 Å². The minimum atomic E-state index is -0.0565. The molecule has 0 bridgehead atoms. The summed E-state index contributed by atoms with van der Waals surface area (Å²) in [7, 11) is 0. The first-order valence-electron chi connectivity index (χ1n) is 5.12. The number of halogens is 2. The summed E-state index contributed by atoms with van der Waals surface area (Å²) in [5.74, 6) is 0.308. The molecule has 0 spiro atoms. The van der Waals surface area contributed by atoms with Crippen molar-refractivity contribution < 1.29 is 9.21 Å². The van der Waals surface area contributed by atoms with E-state index >= 15 is 0 Å². The number of hydrogen-bond acceptors (Lipinski definition) is 4. The lowest BCUT2D eigenvalue weighted by molar-refractivity contribution is 0.0622. The highest BCUT2D eigenvalue weighted by molar-refractivity contribution is 5.92. The second-order valence-corrected chi connectivity index (χ2v) is 3.82. The molecule has 0 unspecified atom stereocenters. The van der Waals surface area contributed by atoms with Crippen LogP contribution in [0.5, 0.6) is 0 Å². The van der Waals surface area contributed by atoms with Crippen LogP contribution in [0.15, 0.2) is 10.8 Å². The molecule has 1 saturated heterocycles. The summed E-state index contributed by atoms with van der Waals surface area (Å²) in [4.78, 5) is 17.8. The van der Waals surface area contributed by atoms with Crippen molar-refractivity contribution in [1.82, 2.24) is 15.2 Å². The third-order valence-electron chi connectivity index (χ3n) is 2.70. The molecule has 17 heavy (non-hydrogen) atoms. The lowest BCUT2D eigenvalue weighted by atomic mass is 10.2. The Bertz CT molecular complexity index is 370. The van der Waals surface area contributed by atoms with Gasteiger partial charge in [-0.3, -0.25) is 4.79 Å². The highest BCUT2D eigenvalue weighted by atomic mass is 35.5. The van der Waals surface area contributed by atoms with E-state index in [1.807, 2.05) is 11.8 Å². The van der Waals surface area contributed by atoms with Crippen LogP contribution in [0.25, 0.3) is 0 Å². The minimum absolute atomic E-state index is 0. The molecule has 2 heterocycles. The first-order valence-corrected chi connectivity index (χ1v) is 5.12. The number of hydrogen-bond donors (Lipinski definition) is 1. The Morgan fingerprint density at radius 1 is 1.59 bits per heavy atom. The van der Waals surface area contributed by atoms with E-state index in [0.29, 0.717) is 11.5 Å². The number of carbonyl (C=O) groups is 1. The fourth-order valence-corrected chi connectivity index (χ4v) is 1.78. The number of carbonyl (C=O) groups excluding carboxylic acids is 1. The highest BCUT2D eigenvalue weighted by Crippen LogP contribution is 2.12. The molecule has 1 aromatic heterocycles. The molecule has 0 saturated carbocycles. The maximum atomic E-state index is 12.1. The quantitative estimate of drug-likeness (QED) is 0.842. The fourth-order valence-electron chi connectivity index (χ4n) is 1.78. The van der Waals surface area contributed by atoms with E-state index in [4.69, 9.17) is 4.42 Å². The zero-order valence-electron chi connectivity index (χ0n) is 9.80. The van der Waals surface area contributed by atoms with Crippen molar-refractivity contribution in [1.29, 1.82) is 0 Å². The number of rotatable bonds is 1. The second kappa shape index (κ2) is 6.83. The summed E-state index contributed by atoms with van der Waals surface area (Å²) in [6.45, 7) is 6.20. The summed E-state index contributed by atoms with van der Waals surface area (Å²) >= 11 is 0. The van der Waals surface area contributed by atoms with Gasteiger partial charge in [0.2, 0.25) is 5.76 Å². The van der Waals surface area contributed by atoms with Gasteiger partial charge in [-0.2, -0.15) is 0 Å². The van der Waals surface area contributed by atoms with Crippen LogP contribution >= 0.6 is 24.8 Å². The van der Waals surface area contributed by atoms with Gasteiger partial charge < -0.3 is 14.6 Å². The number of piperazine rings is 1. The van der Waals surface area contributed by atoms with Gasteiger partial charge in [0.15, 0.2) is 6.39 Å². The first-order chi connectivity index (χ1) is 7.20. The number of nitrogens with one attached hydrogen (secondary N) is 1. The van der Waals surface area contributed by atoms with Crippen LogP contribution < -0.4 is 5.32 Å². The van der Waals surface area contributed by atoms with Gasteiger partial charge >= 0.3 is 0 Å². The van der Waals surface area contributed by atoms with Gasteiger partial charge in [0, 0.05) is 25.7 Å². The van der Waals surface area contributed by atoms with Gasteiger partial charge in [0.05, 0.1) is 5.69 Å². The number of oxazole rings is 1. The van der Waals surface area contributed by atoms with E-state index in [0.717, 1.165) is 19.6 Å². The third kappa shape index (κ3) is 3.34. The zero-order valence-corrected chi connectivity index (χ0v) is 11.4. The van der Waals surface area contributed by atoms with Crippen LogP contribution in [0.4, 0.5) is 0 Å². The molecule has 1 aliphatic rings. The Hall–Kier alpha value is -0.780. The minimum Gasteiger partial charge on any atom is -0.438 e. The number of aryl methyl sites for hydroxylation is 1. The van der Waals surface area contributed by atoms with Crippen LogP contribution in [0.3, 0.4) is 0 Å². The second-order valence-electron chi connectivity index (χ2n) is 3.82.